The average molecular weight is 264 g/mol. The van der Waals surface area contributed by atoms with Gasteiger partial charge < -0.3 is 10.4 Å². The molecule has 0 saturated carbocycles. The number of aromatic nitrogens is 1. The van der Waals surface area contributed by atoms with Crippen LogP contribution in [0.3, 0.4) is 0 Å². The SMILES string of the molecule is CC(NC(=O)C(C(=O)O)C(C)(C)C)c1ccncc1. The average Bonchev–Trinajstić information content (AvgIpc) is 2.27. The van der Waals surface area contributed by atoms with Crippen LogP contribution < -0.4 is 5.32 Å². The van der Waals surface area contributed by atoms with Crippen LogP contribution in [0.25, 0.3) is 0 Å². The van der Waals surface area contributed by atoms with Crippen LogP contribution in [0.1, 0.15) is 39.3 Å². The summed E-state index contributed by atoms with van der Waals surface area (Å²) in [6.07, 6.45) is 3.27. The highest BCUT2D eigenvalue weighted by Gasteiger charge is 2.38. The van der Waals surface area contributed by atoms with Gasteiger partial charge in [0.1, 0.15) is 5.92 Å². The lowest BCUT2D eigenvalue weighted by Crippen LogP contribution is -2.43. The minimum absolute atomic E-state index is 0.250. The lowest BCUT2D eigenvalue weighted by atomic mass is 9.80. The van der Waals surface area contributed by atoms with Crippen molar-refractivity contribution in [2.45, 2.75) is 33.7 Å². The molecule has 1 heterocycles. The van der Waals surface area contributed by atoms with E-state index in [1.165, 1.54) is 0 Å². The molecule has 5 nitrogen and oxygen atoms in total. The Labute approximate surface area is 113 Å². The Morgan fingerprint density at radius 2 is 1.79 bits per heavy atom. The number of carbonyl (C=O) groups is 2. The molecular formula is C14H20N2O3. The third kappa shape index (κ3) is 4.05. The van der Waals surface area contributed by atoms with Gasteiger partial charge in [0.05, 0.1) is 6.04 Å². The molecule has 5 heteroatoms. The van der Waals surface area contributed by atoms with Crippen molar-refractivity contribution in [3.63, 3.8) is 0 Å². The Kier molecular flexibility index (Phi) is 4.64. The molecule has 0 aliphatic carbocycles. The second kappa shape index (κ2) is 5.82. The molecule has 2 atom stereocenters. The molecule has 1 rings (SSSR count). The summed E-state index contributed by atoms with van der Waals surface area (Å²) in [5.74, 6) is -2.65. The molecule has 104 valence electrons. The number of pyridine rings is 1. The van der Waals surface area contributed by atoms with Gasteiger partial charge in [-0.3, -0.25) is 14.6 Å². The summed E-state index contributed by atoms with van der Waals surface area (Å²) in [4.78, 5) is 27.2. The summed E-state index contributed by atoms with van der Waals surface area (Å²) in [6, 6.07) is 3.33. The highest BCUT2D eigenvalue weighted by molar-refractivity contribution is 5.97. The van der Waals surface area contributed by atoms with Crippen LogP contribution in [0.2, 0.25) is 0 Å². The predicted molar refractivity (Wildman–Crippen MR) is 71.4 cm³/mol. The first-order chi connectivity index (χ1) is 8.73. The number of carboxylic acid groups (broad SMARTS) is 1. The van der Waals surface area contributed by atoms with Gasteiger partial charge in [-0.05, 0) is 30.0 Å². The fourth-order valence-corrected chi connectivity index (χ4v) is 1.91. The first-order valence-corrected chi connectivity index (χ1v) is 6.16. The Balaban J connectivity index is 2.81. The molecule has 1 aromatic heterocycles. The largest absolute Gasteiger partial charge is 0.481 e. The minimum atomic E-state index is -1.10. The maximum Gasteiger partial charge on any atom is 0.316 e. The number of carboxylic acids is 1. The minimum Gasteiger partial charge on any atom is -0.481 e. The van der Waals surface area contributed by atoms with Crippen LogP contribution in [-0.4, -0.2) is 22.0 Å². The molecule has 1 aromatic rings. The molecule has 0 aliphatic heterocycles. The van der Waals surface area contributed by atoms with Crippen molar-refractivity contribution in [2.75, 3.05) is 0 Å². The number of aliphatic carboxylic acids is 1. The summed E-state index contributed by atoms with van der Waals surface area (Å²) in [7, 11) is 0. The summed E-state index contributed by atoms with van der Waals surface area (Å²) in [5.41, 5.74) is 0.259. The van der Waals surface area contributed by atoms with Crippen LogP contribution >= 0.6 is 0 Å². The van der Waals surface area contributed by atoms with Crippen LogP contribution in [-0.2, 0) is 9.59 Å². The van der Waals surface area contributed by atoms with Crippen LogP contribution in [0.4, 0.5) is 0 Å². The van der Waals surface area contributed by atoms with Gasteiger partial charge in [-0.1, -0.05) is 20.8 Å². The number of hydrogen-bond donors (Lipinski definition) is 2. The number of nitrogens with zero attached hydrogens (tertiary/aromatic N) is 1. The molecular weight excluding hydrogens is 244 g/mol. The number of rotatable bonds is 4. The zero-order valence-corrected chi connectivity index (χ0v) is 11.7. The Bertz CT molecular complexity index is 452. The second-order valence-electron chi connectivity index (χ2n) is 5.65. The molecule has 19 heavy (non-hydrogen) atoms. The molecule has 0 fully saturated rings. The molecule has 2 unspecified atom stereocenters. The smallest absolute Gasteiger partial charge is 0.316 e. The van der Waals surface area contributed by atoms with Crippen molar-refractivity contribution in [3.05, 3.63) is 30.1 Å². The summed E-state index contributed by atoms with van der Waals surface area (Å²) >= 11 is 0. The van der Waals surface area contributed by atoms with Gasteiger partial charge in [0.15, 0.2) is 0 Å². The predicted octanol–water partition coefficient (Wildman–Crippen LogP) is 2.01. The maximum absolute atomic E-state index is 12.1. The highest BCUT2D eigenvalue weighted by Crippen LogP contribution is 2.27. The summed E-state index contributed by atoms with van der Waals surface area (Å²) < 4.78 is 0. The first-order valence-electron chi connectivity index (χ1n) is 6.16. The van der Waals surface area contributed by atoms with Crippen molar-refractivity contribution in [3.8, 4) is 0 Å². The third-order valence-corrected chi connectivity index (χ3v) is 2.94. The van der Waals surface area contributed by atoms with E-state index >= 15 is 0 Å². The van der Waals surface area contributed by atoms with E-state index in [-0.39, 0.29) is 6.04 Å². The Morgan fingerprint density at radius 1 is 1.26 bits per heavy atom. The molecule has 2 N–H and O–H groups in total. The fourth-order valence-electron chi connectivity index (χ4n) is 1.91. The second-order valence-corrected chi connectivity index (χ2v) is 5.65. The van der Waals surface area contributed by atoms with Gasteiger partial charge in [-0.15, -0.1) is 0 Å². The van der Waals surface area contributed by atoms with E-state index in [0.29, 0.717) is 0 Å². The number of carbonyl (C=O) groups excluding carboxylic acids is 1. The Morgan fingerprint density at radius 3 is 2.21 bits per heavy atom. The van der Waals surface area contributed by atoms with Crippen molar-refractivity contribution in [2.24, 2.45) is 11.3 Å². The third-order valence-electron chi connectivity index (χ3n) is 2.94. The van der Waals surface area contributed by atoms with Gasteiger partial charge in [0.2, 0.25) is 5.91 Å². The monoisotopic (exact) mass is 264 g/mol. The molecule has 1 amide bonds. The molecule has 0 saturated heterocycles. The van der Waals surface area contributed by atoms with E-state index in [4.69, 9.17) is 0 Å². The van der Waals surface area contributed by atoms with Gasteiger partial charge in [-0.2, -0.15) is 0 Å². The van der Waals surface area contributed by atoms with Gasteiger partial charge in [0, 0.05) is 12.4 Å². The van der Waals surface area contributed by atoms with Crippen molar-refractivity contribution >= 4 is 11.9 Å². The molecule has 0 bridgehead atoms. The molecule has 0 radical (unpaired) electrons. The highest BCUT2D eigenvalue weighted by atomic mass is 16.4. The lowest BCUT2D eigenvalue weighted by molar-refractivity contribution is -0.151. The summed E-state index contributed by atoms with van der Waals surface area (Å²) in [5, 5.41) is 11.9. The summed E-state index contributed by atoms with van der Waals surface area (Å²) in [6.45, 7) is 7.03. The van der Waals surface area contributed by atoms with Crippen LogP contribution in [0, 0.1) is 11.3 Å². The quantitative estimate of drug-likeness (QED) is 0.815. The molecule has 0 spiro atoms. The van der Waals surface area contributed by atoms with Crippen molar-refractivity contribution in [1.29, 1.82) is 0 Å². The van der Waals surface area contributed by atoms with Crippen molar-refractivity contribution < 1.29 is 14.7 Å². The zero-order valence-electron chi connectivity index (χ0n) is 11.7. The van der Waals surface area contributed by atoms with Crippen LogP contribution in [0.15, 0.2) is 24.5 Å². The number of hydrogen-bond acceptors (Lipinski definition) is 3. The van der Waals surface area contributed by atoms with E-state index in [2.05, 4.69) is 10.3 Å². The maximum atomic E-state index is 12.1. The first kappa shape index (κ1) is 15.1. The number of amides is 1. The van der Waals surface area contributed by atoms with Gasteiger partial charge in [0.25, 0.3) is 0 Å². The zero-order chi connectivity index (χ0) is 14.6. The van der Waals surface area contributed by atoms with E-state index in [1.807, 2.05) is 6.92 Å². The fraction of sp³-hybridized carbons (Fsp3) is 0.500. The lowest BCUT2D eigenvalue weighted by Gasteiger charge is -2.27. The topological polar surface area (TPSA) is 79.3 Å². The standard InChI is InChI=1S/C14H20N2O3/c1-9(10-5-7-15-8-6-10)16-12(17)11(13(18)19)14(2,3)4/h5-9,11H,1-4H3,(H,16,17)(H,18,19). The van der Waals surface area contributed by atoms with Gasteiger partial charge >= 0.3 is 5.97 Å². The van der Waals surface area contributed by atoms with Crippen LogP contribution in [0.5, 0.6) is 0 Å². The normalized spacial score (nSPS) is 14.5. The molecule has 0 aromatic carbocycles. The Hall–Kier alpha value is -1.91. The number of nitrogens with one attached hydrogen (secondary N) is 1. The van der Waals surface area contributed by atoms with E-state index < -0.39 is 23.2 Å². The van der Waals surface area contributed by atoms with Crippen molar-refractivity contribution in [1.82, 2.24) is 10.3 Å². The van der Waals surface area contributed by atoms with E-state index in [0.717, 1.165) is 5.56 Å². The molecule has 0 aliphatic rings. The van der Waals surface area contributed by atoms with E-state index in [9.17, 15) is 14.7 Å². The van der Waals surface area contributed by atoms with Gasteiger partial charge in [-0.25, -0.2) is 0 Å². The van der Waals surface area contributed by atoms with E-state index in [1.54, 1.807) is 45.3 Å².